The summed E-state index contributed by atoms with van der Waals surface area (Å²) < 4.78 is 6.66. The number of nitrogens with one attached hydrogen (secondary N) is 2. The highest BCUT2D eigenvalue weighted by atomic mass is 32.2. The maximum atomic E-state index is 12.0. The first kappa shape index (κ1) is 19.2. The topological polar surface area (TPSA) is 111 Å². The number of thioether (sulfide) groups is 1. The molecule has 1 saturated carbocycles. The van der Waals surface area contributed by atoms with E-state index in [0.29, 0.717) is 5.16 Å². The summed E-state index contributed by atoms with van der Waals surface area (Å²) in [6, 6.07) is 6.94. The number of methoxy groups -OCH3 is 1. The molecule has 3 amide bonds. The molecule has 0 aliphatic heterocycles. The molecule has 0 bridgehead atoms. The van der Waals surface area contributed by atoms with Gasteiger partial charge < -0.3 is 10.1 Å². The standard InChI is InChI=1S/C17H22N6O3S/c1-26-14-9-7-13(8-10-14)23-17(20-21-22-23)27-11-15(24)19-16(25)18-12-5-3-2-4-6-12/h7-10,12H,2-6,11H2,1H3,(H2,18,19,24,25). The highest BCUT2D eigenvalue weighted by molar-refractivity contribution is 7.99. The second-order valence-corrected chi connectivity index (χ2v) is 7.16. The van der Waals surface area contributed by atoms with Crippen LogP contribution in [0.3, 0.4) is 0 Å². The van der Waals surface area contributed by atoms with E-state index in [9.17, 15) is 9.59 Å². The highest BCUT2D eigenvalue weighted by Crippen LogP contribution is 2.20. The van der Waals surface area contributed by atoms with Crippen molar-refractivity contribution >= 4 is 23.7 Å². The second-order valence-electron chi connectivity index (χ2n) is 6.22. The zero-order valence-corrected chi connectivity index (χ0v) is 15.9. The fourth-order valence-electron chi connectivity index (χ4n) is 2.92. The van der Waals surface area contributed by atoms with E-state index in [1.54, 1.807) is 19.2 Å². The van der Waals surface area contributed by atoms with Crippen LogP contribution in [0.15, 0.2) is 29.4 Å². The van der Waals surface area contributed by atoms with Gasteiger partial charge in [-0.25, -0.2) is 4.79 Å². The van der Waals surface area contributed by atoms with Crippen LogP contribution in [0.1, 0.15) is 32.1 Å². The number of urea groups is 1. The van der Waals surface area contributed by atoms with E-state index < -0.39 is 11.9 Å². The Labute approximate surface area is 161 Å². The molecule has 2 N–H and O–H groups in total. The van der Waals surface area contributed by atoms with Gasteiger partial charge in [-0.15, -0.1) is 5.10 Å². The predicted octanol–water partition coefficient (Wildman–Crippen LogP) is 1.92. The van der Waals surface area contributed by atoms with Gasteiger partial charge in [0.25, 0.3) is 0 Å². The van der Waals surface area contributed by atoms with E-state index in [0.717, 1.165) is 48.9 Å². The van der Waals surface area contributed by atoms with Crippen LogP contribution in [0.4, 0.5) is 4.79 Å². The lowest BCUT2D eigenvalue weighted by molar-refractivity contribution is -0.117. The van der Waals surface area contributed by atoms with Crippen LogP contribution in [-0.2, 0) is 4.79 Å². The van der Waals surface area contributed by atoms with Crippen LogP contribution in [-0.4, -0.2) is 51.1 Å². The van der Waals surface area contributed by atoms with Gasteiger partial charge in [-0.2, -0.15) is 4.68 Å². The van der Waals surface area contributed by atoms with E-state index in [1.807, 2.05) is 12.1 Å². The lowest BCUT2D eigenvalue weighted by atomic mass is 9.96. The first-order valence-corrected chi connectivity index (χ1v) is 9.80. The molecule has 1 aromatic heterocycles. The van der Waals surface area contributed by atoms with Crippen LogP contribution in [0.25, 0.3) is 5.69 Å². The van der Waals surface area contributed by atoms with Gasteiger partial charge in [0.1, 0.15) is 5.75 Å². The summed E-state index contributed by atoms with van der Waals surface area (Å²) in [5.74, 6) is 0.371. The molecule has 27 heavy (non-hydrogen) atoms. The van der Waals surface area contributed by atoms with Crippen molar-refractivity contribution in [1.82, 2.24) is 30.8 Å². The third-order valence-electron chi connectivity index (χ3n) is 4.28. The Morgan fingerprint density at radius 1 is 1.22 bits per heavy atom. The fraction of sp³-hybridized carbons (Fsp3) is 0.471. The maximum absolute atomic E-state index is 12.0. The molecule has 0 spiro atoms. The summed E-state index contributed by atoms with van der Waals surface area (Å²) in [4.78, 5) is 24.0. The van der Waals surface area contributed by atoms with Crippen molar-refractivity contribution in [2.75, 3.05) is 12.9 Å². The molecule has 0 atom stereocenters. The number of ether oxygens (including phenoxy) is 1. The Hall–Kier alpha value is -2.62. The third kappa shape index (κ3) is 5.43. The number of carbonyl (C=O) groups excluding carboxylic acids is 2. The molecule has 144 valence electrons. The monoisotopic (exact) mass is 390 g/mol. The minimum absolute atomic E-state index is 0.0363. The quantitative estimate of drug-likeness (QED) is 0.725. The summed E-state index contributed by atoms with van der Waals surface area (Å²) in [5, 5.41) is 17.2. The van der Waals surface area contributed by atoms with Gasteiger partial charge in [-0.1, -0.05) is 31.0 Å². The number of amides is 3. The number of benzene rings is 1. The smallest absolute Gasteiger partial charge is 0.321 e. The van der Waals surface area contributed by atoms with Gasteiger partial charge >= 0.3 is 6.03 Å². The third-order valence-corrected chi connectivity index (χ3v) is 5.20. The zero-order chi connectivity index (χ0) is 19.1. The summed E-state index contributed by atoms with van der Waals surface area (Å²) in [7, 11) is 1.59. The van der Waals surface area contributed by atoms with Crippen molar-refractivity contribution in [2.45, 2.75) is 43.3 Å². The molecular weight excluding hydrogens is 368 g/mol. The molecule has 1 aliphatic rings. The molecule has 9 nitrogen and oxygen atoms in total. The van der Waals surface area contributed by atoms with Gasteiger partial charge in [-0.3, -0.25) is 10.1 Å². The van der Waals surface area contributed by atoms with Crippen LogP contribution < -0.4 is 15.4 Å². The first-order chi connectivity index (χ1) is 13.2. The number of imide groups is 1. The van der Waals surface area contributed by atoms with E-state index in [-0.39, 0.29) is 11.8 Å². The van der Waals surface area contributed by atoms with E-state index in [4.69, 9.17) is 4.74 Å². The Bertz CT molecular complexity index is 773. The average molecular weight is 390 g/mol. The number of nitrogens with zero attached hydrogens (tertiary/aromatic N) is 4. The maximum Gasteiger partial charge on any atom is 0.321 e. The molecule has 1 heterocycles. The number of rotatable bonds is 6. The van der Waals surface area contributed by atoms with Gasteiger partial charge in [0, 0.05) is 6.04 Å². The molecule has 2 aromatic rings. The zero-order valence-electron chi connectivity index (χ0n) is 15.1. The van der Waals surface area contributed by atoms with Crippen molar-refractivity contribution in [2.24, 2.45) is 0 Å². The molecule has 10 heteroatoms. The molecule has 1 aliphatic carbocycles. The largest absolute Gasteiger partial charge is 0.497 e. The van der Waals surface area contributed by atoms with Crippen molar-refractivity contribution in [3.63, 3.8) is 0 Å². The molecule has 0 saturated heterocycles. The van der Waals surface area contributed by atoms with Crippen molar-refractivity contribution in [3.05, 3.63) is 24.3 Å². The Balaban J connectivity index is 1.50. The SMILES string of the molecule is COc1ccc(-n2nnnc2SCC(=O)NC(=O)NC2CCCCC2)cc1. The van der Waals surface area contributed by atoms with Gasteiger partial charge in [0.05, 0.1) is 18.6 Å². The van der Waals surface area contributed by atoms with E-state index >= 15 is 0 Å². The lowest BCUT2D eigenvalue weighted by Gasteiger charge is -2.22. The molecule has 3 rings (SSSR count). The Morgan fingerprint density at radius 2 is 1.96 bits per heavy atom. The van der Waals surface area contributed by atoms with Gasteiger partial charge in [0.15, 0.2) is 0 Å². The van der Waals surface area contributed by atoms with Crippen molar-refractivity contribution in [1.29, 1.82) is 0 Å². The van der Waals surface area contributed by atoms with E-state index in [2.05, 4.69) is 26.2 Å². The molecule has 0 unspecified atom stereocenters. The number of aromatic nitrogens is 4. The summed E-state index contributed by atoms with van der Waals surface area (Å²) in [6.45, 7) is 0. The fourth-order valence-corrected chi connectivity index (χ4v) is 3.61. The van der Waals surface area contributed by atoms with Crippen LogP contribution >= 0.6 is 11.8 Å². The number of tetrazole rings is 1. The molecule has 1 aromatic carbocycles. The number of carbonyl (C=O) groups is 2. The Morgan fingerprint density at radius 3 is 2.67 bits per heavy atom. The van der Waals surface area contributed by atoms with Gasteiger partial charge in [-0.05, 0) is 47.5 Å². The molecule has 1 fully saturated rings. The highest BCUT2D eigenvalue weighted by Gasteiger charge is 2.18. The first-order valence-electron chi connectivity index (χ1n) is 8.81. The summed E-state index contributed by atoms with van der Waals surface area (Å²) >= 11 is 1.16. The van der Waals surface area contributed by atoms with Gasteiger partial charge in [0.2, 0.25) is 11.1 Å². The number of hydrogen-bond donors (Lipinski definition) is 2. The number of hydrogen-bond acceptors (Lipinski definition) is 7. The molecule has 0 radical (unpaired) electrons. The van der Waals surface area contributed by atoms with E-state index in [1.165, 1.54) is 11.1 Å². The predicted molar refractivity (Wildman–Crippen MR) is 100.0 cm³/mol. The minimum atomic E-state index is -0.442. The summed E-state index contributed by atoms with van der Waals surface area (Å²) in [5.41, 5.74) is 0.749. The normalized spacial score (nSPS) is 14.6. The van der Waals surface area contributed by atoms with Crippen molar-refractivity contribution < 1.29 is 14.3 Å². The second kappa shape index (κ2) is 9.36. The van der Waals surface area contributed by atoms with Crippen molar-refractivity contribution in [3.8, 4) is 11.4 Å². The van der Waals surface area contributed by atoms with Crippen LogP contribution in [0.5, 0.6) is 5.75 Å². The van der Waals surface area contributed by atoms with Crippen LogP contribution in [0, 0.1) is 0 Å². The minimum Gasteiger partial charge on any atom is -0.497 e. The Kier molecular flexibility index (Phi) is 6.64. The van der Waals surface area contributed by atoms with Crippen LogP contribution in [0.2, 0.25) is 0 Å². The lowest BCUT2D eigenvalue weighted by Crippen LogP contribution is -2.45. The molecular formula is C17H22N6O3S. The average Bonchev–Trinajstić information content (AvgIpc) is 3.16. The summed E-state index contributed by atoms with van der Waals surface area (Å²) in [6.07, 6.45) is 5.36.